The van der Waals surface area contributed by atoms with E-state index in [9.17, 15) is 4.21 Å². The molecule has 0 aliphatic rings. The number of furan rings is 1. The highest BCUT2D eigenvalue weighted by atomic mass is 32.2. The molecule has 0 aliphatic carbocycles. The molecule has 0 bridgehead atoms. The van der Waals surface area contributed by atoms with Gasteiger partial charge in [-0.1, -0.05) is 35.5 Å². The number of aryl methyl sites for hydroxylation is 2. The lowest BCUT2D eigenvalue weighted by Crippen LogP contribution is -2.00. The van der Waals surface area contributed by atoms with Crippen molar-refractivity contribution in [2.45, 2.75) is 24.7 Å². The molecule has 3 rings (SSSR count). The van der Waals surface area contributed by atoms with Gasteiger partial charge in [-0.05, 0) is 19.4 Å². The van der Waals surface area contributed by atoms with Gasteiger partial charge in [0, 0.05) is 17.7 Å². The lowest BCUT2D eigenvalue weighted by molar-refractivity contribution is 0.378. The molecule has 0 fully saturated rings. The normalized spacial score (nSPS) is 12.4. The zero-order valence-electron chi connectivity index (χ0n) is 12.2. The molecule has 0 spiro atoms. The fourth-order valence-corrected chi connectivity index (χ4v) is 3.34. The van der Waals surface area contributed by atoms with Crippen LogP contribution in [0.5, 0.6) is 0 Å². The van der Waals surface area contributed by atoms with Crippen LogP contribution in [-0.2, 0) is 17.2 Å². The molecule has 0 N–H and O–H groups in total. The van der Waals surface area contributed by atoms with E-state index in [0.29, 0.717) is 36.1 Å². The van der Waals surface area contributed by atoms with Crippen LogP contribution >= 0.6 is 0 Å². The number of rotatable bonds is 6. The van der Waals surface area contributed by atoms with Crippen molar-refractivity contribution >= 4 is 10.8 Å². The van der Waals surface area contributed by atoms with Crippen LogP contribution in [0.2, 0.25) is 0 Å². The molecule has 0 radical (unpaired) electrons. The molecule has 2 heterocycles. The van der Waals surface area contributed by atoms with Crippen molar-refractivity contribution in [3.8, 4) is 11.4 Å². The van der Waals surface area contributed by atoms with Gasteiger partial charge in [0.25, 0.3) is 0 Å². The number of aromatic nitrogens is 2. The summed E-state index contributed by atoms with van der Waals surface area (Å²) in [5.74, 6) is 2.41. The summed E-state index contributed by atoms with van der Waals surface area (Å²) in [7, 11) is -1.05. The van der Waals surface area contributed by atoms with E-state index in [2.05, 4.69) is 10.1 Å². The van der Waals surface area contributed by atoms with Crippen molar-refractivity contribution in [3.05, 3.63) is 54.3 Å². The summed E-state index contributed by atoms with van der Waals surface area (Å²) in [5.41, 5.74) is 0.926. The Balaban J connectivity index is 1.56. The number of nitrogens with zero attached hydrogens (tertiary/aromatic N) is 2. The van der Waals surface area contributed by atoms with Gasteiger partial charge in [-0.2, -0.15) is 4.98 Å². The van der Waals surface area contributed by atoms with E-state index in [0.717, 1.165) is 10.5 Å². The number of benzene rings is 1. The fourth-order valence-electron chi connectivity index (χ4n) is 2.13. The first-order chi connectivity index (χ1) is 10.7. The van der Waals surface area contributed by atoms with Gasteiger partial charge in [-0.25, -0.2) is 0 Å². The molecule has 0 saturated heterocycles. The van der Waals surface area contributed by atoms with Crippen molar-refractivity contribution in [2.75, 3.05) is 5.75 Å². The third-order valence-electron chi connectivity index (χ3n) is 3.28. The van der Waals surface area contributed by atoms with Crippen molar-refractivity contribution in [3.63, 3.8) is 0 Å². The minimum atomic E-state index is -1.05. The SMILES string of the molecule is Cc1occc1[S@](=O)CCCc1nc(-c2ccccc2)no1. The van der Waals surface area contributed by atoms with Crippen LogP contribution in [-0.4, -0.2) is 20.1 Å². The Morgan fingerprint density at radius 3 is 2.73 bits per heavy atom. The van der Waals surface area contributed by atoms with Gasteiger partial charge in [-0.15, -0.1) is 0 Å². The molecular formula is C16H16N2O3S. The predicted octanol–water partition coefficient (Wildman–Crippen LogP) is 3.38. The molecule has 2 aromatic heterocycles. The smallest absolute Gasteiger partial charge is 0.226 e. The predicted molar refractivity (Wildman–Crippen MR) is 82.8 cm³/mol. The van der Waals surface area contributed by atoms with Gasteiger partial charge in [0.15, 0.2) is 0 Å². The minimum absolute atomic E-state index is 0.545. The van der Waals surface area contributed by atoms with Crippen molar-refractivity contribution in [1.29, 1.82) is 0 Å². The van der Waals surface area contributed by atoms with Crippen LogP contribution in [0.3, 0.4) is 0 Å². The van der Waals surface area contributed by atoms with Crippen LogP contribution in [0, 0.1) is 6.92 Å². The Morgan fingerprint density at radius 1 is 1.18 bits per heavy atom. The van der Waals surface area contributed by atoms with Gasteiger partial charge < -0.3 is 8.94 Å². The Morgan fingerprint density at radius 2 is 2.00 bits per heavy atom. The highest BCUT2D eigenvalue weighted by Crippen LogP contribution is 2.17. The summed E-state index contributed by atoms with van der Waals surface area (Å²) >= 11 is 0. The Hall–Kier alpha value is -2.21. The Bertz CT molecular complexity index is 765. The van der Waals surface area contributed by atoms with Gasteiger partial charge in [0.2, 0.25) is 11.7 Å². The molecule has 22 heavy (non-hydrogen) atoms. The van der Waals surface area contributed by atoms with E-state index in [1.54, 1.807) is 12.3 Å². The van der Waals surface area contributed by atoms with E-state index in [1.807, 2.05) is 37.3 Å². The van der Waals surface area contributed by atoms with Gasteiger partial charge >= 0.3 is 0 Å². The summed E-state index contributed by atoms with van der Waals surface area (Å²) < 4.78 is 22.5. The molecule has 5 nitrogen and oxygen atoms in total. The molecule has 0 aliphatic heterocycles. The second kappa shape index (κ2) is 6.70. The Labute approximate surface area is 130 Å². The van der Waals surface area contributed by atoms with Gasteiger partial charge in [-0.3, -0.25) is 4.21 Å². The molecule has 0 amide bonds. The zero-order valence-corrected chi connectivity index (χ0v) is 13.0. The molecule has 1 atom stereocenters. The Kier molecular flexibility index (Phi) is 4.48. The lowest BCUT2D eigenvalue weighted by atomic mass is 10.2. The summed E-state index contributed by atoms with van der Waals surface area (Å²) in [6, 6.07) is 11.4. The minimum Gasteiger partial charge on any atom is -0.468 e. The first kappa shape index (κ1) is 14.7. The van der Waals surface area contributed by atoms with Crippen LogP contribution in [0.25, 0.3) is 11.4 Å². The molecular weight excluding hydrogens is 300 g/mol. The van der Waals surface area contributed by atoms with Crippen molar-refractivity contribution in [1.82, 2.24) is 10.1 Å². The van der Waals surface area contributed by atoms with Crippen molar-refractivity contribution in [2.24, 2.45) is 0 Å². The van der Waals surface area contributed by atoms with Crippen LogP contribution in [0.1, 0.15) is 18.1 Å². The summed E-state index contributed by atoms with van der Waals surface area (Å²) in [5, 5.41) is 3.97. The van der Waals surface area contributed by atoms with E-state index in [1.165, 1.54) is 0 Å². The van der Waals surface area contributed by atoms with Gasteiger partial charge in [0.05, 0.1) is 22.0 Å². The average Bonchev–Trinajstić information content (AvgIpc) is 3.17. The molecule has 0 saturated carbocycles. The fraction of sp³-hybridized carbons (Fsp3) is 0.250. The van der Waals surface area contributed by atoms with Crippen LogP contribution in [0.15, 0.2) is 56.5 Å². The van der Waals surface area contributed by atoms with Crippen molar-refractivity contribution < 1.29 is 13.1 Å². The average molecular weight is 316 g/mol. The third kappa shape index (κ3) is 3.33. The topological polar surface area (TPSA) is 69.1 Å². The maximum absolute atomic E-state index is 12.1. The van der Waals surface area contributed by atoms with E-state index < -0.39 is 10.8 Å². The molecule has 114 valence electrons. The summed E-state index contributed by atoms with van der Waals surface area (Å²) in [6.45, 7) is 1.82. The zero-order chi connectivity index (χ0) is 15.4. The highest BCUT2D eigenvalue weighted by molar-refractivity contribution is 7.85. The van der Waals surface area contributed by atoms with E-state index in [4.69, 9.17) is 8.94 Å². The quantitative estimate of drug-likeness (QED) is 0.697. The molecule has 6 heteroatoms. The van der Waals surface area contributed by atoms with E-state index >= 15 is 0 Å². The number of hydrogen-bond acceptors (Lipinski definition) is 5. The van der Waals surface area contributed by atoms with Crippen LogP contribution < -0.4 is 0 Å². The highest BCUT2D eigenvalue weighted by Gasteiger charge is 2.12. The first-order valence-corrected chi connectivity index (χ1v) is 8.36. The molecule has 1 aromatic carbocycles. The second-order valence-corrected chi connectivity index (χ2v) is 6.41. The van der Waals surface area contributed by atoms with Gasteiger partial charge in [0.1, 0.15) is 5.76 Å². The largest absolute Gasteiger partial charge is 0.468 e. The standard InChI is InChI=1S/C16H16N2O3S/c1-12-14(9-10-20-12)22(19)11-5-8-15-17-16(18-21-15)13-6-3-2-4-7-13/h2-4,6-7,9-10H,5,8,11H2,1H3/t22-/m1/s1. The molecule has 3 aromatic rings. The number of hydrogen-bond donors (Lipinski definition) is 0. The molecule has 0 unspecified atom stereocenters. The lowest BCUT2D eigenvalue weighted by Gasteiger charge is -1.98. The second-order valence-electron chi connectivity index (χ2n) is 4.87. The third-order valence-corrected chi connectivity index (χ3v) is 4.85. The summed E-state index contributed by atoms with van der Waals surface area (Å²) in [4.78, 5) is 5.12. The monoisotopic (exact) mass is 316 g/mol. The van der Waals surface area contributed by atoms with Crippen LogP contribution in [0.4, 0.5) is 0 Å². The maximum Gasteiger partial charge on any atom is 0.226 e. The maximum atomic E-state index is 12.1. The first-order valence-electron chi connectivity index (χ1n) is 7.04. The van der Waals surface area contributed by atoms with E-state index in [-0.39, 0.29) is 0 Å². The summed E-state index contributed by atoms with van der Waals surface area (Å²) in [6.07, 6.45) is 2.89.